The van der Waals surface area contributed by atoms with Crippen molar-refractivity contribution in [1.29, 1.82) is 5.26 Å². The van der Waals surface area contributed by atoms with Crippen LogP contribution in [-0.2, 0) is 0 Å². The highest BCUT2D eigenvalue weighted by Gasteiger charge is 2.10. The van der Waals surface area contributed by atoms with Gasteiger partial charge in [-0.3, -0.25) is 4.79 Å². The minimum atomic E-state index is -0.460. The molecule has 0 fully saturated rings. The van der Waals surface area contributed by atoms with E-state index in [0.717, 1.165) is 21.9 Å². The van der Waals surface area contributed by atoms with E-state index in [1.165, 1.54) is 10.7 Å². The van der Waals surface area contributed by atoms with Crippen LogP contribution in [0, 0.1) is 11.3 Å². The number of aromatic nitrogens is 1. The number of nitrogens with zero attached hydrogens (tertiary/aromatic N) is 3. The molecule has 4 rings (SSSR count). The fourth-order valence-corrected chi connectivity index (χ4v) is 3.09. The molecule has 0 atom stereocenters. The van der Waals surface area contributed by atoms with E-state index < -0.39 is 5.56 Å². The van der Waals surface area contributed by atoms with Crippen molar-refractivity contribution < 1.29 is 0 Å². The fourth-order valence-electron chi connectivity index (χ4n) is 2.97. The van der Waals surface area contributed by atoms with Crippen molar-refractivity contribution in [3.05, 3.63) is 105 Å². The Morgan fingerprint density at radius 2 is 1.68 bits per heavy atom. The summed E-state index contributed by atoms with van der Waals surface area (Å²) < 4.78 is 1.26. The second-order valence-electron chi connectivity index (χ2n) is 6.22. The highest BCUT2D eigenvalue weighted by Crippen LogP contribution is 2.24. The molecule has 1 aromatic heterocycles. The van der Waals surface area contributed by atoms with Gasteiger partial charge in [-0.25, -0.2) is 0 Å². The first kappa shape index (κ1) is 17.7. The Morgan fingerprint density at radius 3 is 2.43 bits per heavy atom. The van der Waals surface area contributed by atoms with E-state index in [2.05, 4.69) is 5.10 Å². The zero-order valence-corrected chi connectivity index (χ0v) is 15.5. The summed E-state index contributed by atoms with van der Waals surface area (Å²) >= 11 is 5.91. The van der Waals surface area contributed by atoms with Crippen LogP contribution in [0.5, 0.6) is 0 Å². The molecule has 0 radical (unpaired) electrons. The van der Waals surface area contributed by atoms with Gasteiger partial charge in [-0.1, -0.05) is 60.1 Å². The maximum Gasteiger partial charge on any atom is 0.289 e. The molecular weight excluding hydrogens is 370 g/mol. The molecule has 0 N–H and O–H groups in total. The Bertz CT molecular complexity index is 1300. The molecule has 4 aromatic rings. The monoisotopic (exact) mass is 383 g/mol. The first-order chi connectivity index (χ1) is 13.7. The first-order valence-electron chi connectivity index (χ1n) is 8.61. The number of fused-ring (bicyclic) bond motifs is 1. The standard InChI is InChI=1S/C23H14ClN3O/c24-21-10-5-16(6-11-21)15-26-27-22(12-9-20(14-25)23(27)28)19-8-7-17-3-1-2-4-18(17)13-19/h1-13,15H/b26-15+. The van der Waals surface area contributed by atoms with E-state index in [1.54, 1.807) is 36.5 Å². The quantitative estimate of drug-likeness (QED) is 0.463. The molecule has 1 heterocycles. The zero-order valence-electron chi connectivity index (χ0n) is 14.7. The van der Waals surface area contributed by atoms with Crippen molar-refractivity contribution in [2.75, 3.05) is 0 Å². The second kappa shape index (κ2) is 7.51. The highest BCUT2D eigenvalue weighted by molar-refractivity contribution is 6.30. The van der Waals surface area contributed by atoms with Crippen LogP contribution < -0.4 is 5.56 Å². The van der Waals surface area contributed by atoms with Gasteiger partial charge < -0.3 is 0 Å². The topological polar surface area (TPSA) is 58.1 Å². The van der Waals surface area contributed by atoms with E-state index in [0.29, 0.717) is 10.7 Å². The van der Waals surface area contributed by atoms with Crippen LogP contribution in [0.1, 0.15) is 11.1 Å². The Balaban J connectivity index is 1.87. The average Bonchev–Trinajstić information content (AvgIpc) is 2.73. The number of rotatable bonds is 3. The third kappa shape index (κ3) is 3.44. The number of benzene rings is 3. The molecule has 134 valence electrons. The summed E-state index contributed by atoms with van der Waals surface area (Å²) in [5, 5.41) is 16.4. The molecular formula is C23H14ClN3O. The Hall–Kier alpha value is -3.68. The predicted octanol–water partition coefficient (Wildman–Crippen LogP) is 5.08. The van der Waals surface area contributed by atoms with Crippen molar-refractivity contribution in [1.82, 2.24) is 4.68 Å². The molecule has 0 aliphatic rings. The average molecular weight is 384 g/mol. The molecule has 0 saturated carbocycles. The van der Waals surface area contributed by atoms with Crippen molar-refractivity contribution in [2.45, 2.75) is 0 Å². The molecule has 0 aliphatic carbocycles. The van der Waals surface area contributed by atoms with Crippen molar-refractivity contribution >= 4 is 28.6 Å². The van der Waals surface area contributed by atoms with Crippen molar-refractivity contribution in [3.8, 4) is 17.3 Å². The van der Waals surface area contributed by atoms with Crippen molar-refractivity contribution in [2.24, 2.45) is 5.10 Å². The molecule has 4 nitrogen and oxygen atoms in total. The summed E-state index contributed by atoms with van der Waals surface area (Å²) in [6.45, 7) is 0. The van der Waals surface area contributed by atoms with E-state index in [4.69, 9.17) is 11.6 Å². The summed E-state index contributed by atoms with van der Waals surface area (Å²) in [5.41, 5.74) is 1.83. The van der Waals surface area contributed by atoms with Gasteiger partial charge in [0.05, 0.1) is 11.9 Å². The molecule has 28 heavy (non-hydrogen) atoms. The maximum atomic E-state index is 12.7. The van der Waals surface area contributed by atoms with Gasteiger partial charge in [0.1, 0.15) is 11.6 Å². The predicted molar refractivity (Wildman–Crippen MR) is 113 cm³/mol. The lowest BCUT2D eigenvalue weighted by atomic mass is 10.0. The van der Waals surface area contributed by atoms with E-state index >= 15 is 0 Å². The highest BCUT2D eigenvalue weighted by atomic mass is 35.5. The number of halogens is 1. The van der Waals surface area contributed by atoms with E-state index in [9.17, 15) is 10.1 Å². The minimum absolute atomic E-state index is 0.0396. The normalized spacial score (nSPS) is 11.0. The van der Waals surface area contributed by atoms with Gasteiger partial charge in [-0.2, -0.15) is 15.0 Å². The van der Waals surface area contributed by atoms with Gasteiger partial charge in [-0.15, -0.1) is 0 Å². The lowest BCUT2D eigenvalue weighted by Gasteiger charge is -2.10. The first-order valence-corrected chi connectivity index (χ1v) is 8.99. The summed E-state index contributed by atoms with van der Waals surface area (Å²) in [5.74, 6) is 0. The number of pyridine rings is 1. The third-order valence-corrected chi connectivity index (χ3v) is 4.67. The lowest BCUT2D eigenvalue weighted by Crippen LogP contribution is -2.20. The van der Waals surface area contributed by atoms with Crippen LogP contribution in [0.15, 0.2) is 88.8 Å². The summed E-state index contributed by atoms with van der Waals surface area (Å²) in [7, 11) is 0. The summed E-state index contributed by atoms with van der Waals surface area (Å²) in [6, 6.07) is 26.3. The molecule has 0 amide bonds. The summed E-state index contributed by atoms with van der Waals surface area (Å²) in [6.07, 6.45) is 1.57. The third-order valence-electron chi connectivity index (χ3n) is 4.42. The van der Waals surface area contributed by atoms with Gasteiger partial charge in [0.15, 0.2) is 0 Å². The Morgan fingerprint density at radius 1 is 0.929 bits per heavy atom. The van der Waals surface area contributed by atoms with E-state index in [-0.39, 0.29) is 5.56 Å². The van der Waals surface area contributed by atoms with Gasteiger partial charge >= 0.3 is 0 Å². The Labute approximate surface area is 166 Å². The van der Waals surface area contributed by atoms with Crippen LogP contribution in [0.2, 0.25) is 5.02 Å². The number of nitriles is 1. The molecule has 0 unspecified atom stereocenters. The van der Waals surface area contributed by atoms with Gasteiger partial charge in [-0.05, 0) is 46.7 Å². The summed E-state index contributed by atoms with van der Waals surface area (Å²) in [4.78, 5) is 12.7. The van der Waals surface area contributed by atoms with Crippen LogP contribution in [0.4, 0.5) is 0 Å². The molecule has 3 aromatic carbocycles. The minimum Gasteiger partial charge on any atom is -0.266 e. The molecule has 0 bridgehead atoms. The van der Waals surface area contributed by atoms with E-state index in [1.807, 2.05) is 48.5 Å². The van der Waals surface area contributed by atoms with Crippen LogP contribution >= 0.6 is 11.6 Å². The largest absolute Gasteiger partial charge is 0.289 e. The van der Waals surface area contributed by atoms with Crippen molar-refractivity contribution in [3.63, 3.8) is 0 Å². The van der Waals surface area contributed by atoms with Crippen LogP contribution in [0.3, 0.4) is 0 Å². The molecule has 0 saturated heterocycles. The molecule has 0 aliphatic heterocycles. The van der Waals surface area contributed by atoms with Crippen LogP contribution in [-0.4, -0.2) is 10.9 Å². The maximum absolute atomic E-state index is 12.7. The smallest absolute Gasteiger partial charge is 0.266 e. The molecule has 5 heteroatoms. The Kier molecular flexibility index (Phi) is 4.76. The number of hydrogen-bond donors (Lipinski definition) is 0. The van der Waals surface area contributed by atoms with Gasteiger partial charge in [0, 0.05) is 10.6 Å². The zero-order chi connectivity index (χ0) is 19.5. The fraction of sp³-hybridized carbons (Fsp3) is 0. The number of hydrogen-bond acceptors (Lipinski definition) is 3. The second-order valence-corrected chi connectivity index (χ2v) is 6.66. The van der Waals surface area contributed by atoms with Gasteiger partial charge in [0.2, 0.25) is 0 Å². The lowest BCUT2D eigenvalue weighted by molar-refractivity contribution is 0.838. The van der Waals surface area contributed by atoms with Crippen LogP contribution in [0.25, 0.3) is 22.0 Å². The van der Waals surface area contributed by atoms with Gasteiger partial charge in [0.25, 0.3) is 5.56 Å². The SMILES string of the molecule is N#Cc1ccc(-c2ccc3ccccc3c2)n(/N=C/c2ccc(Cl)cc2)c1=O. The molecule has 0 spiro atoms.